The van der Waals surface area contributed by atoms with Crippen molar-refractivity contribution >= 4 is 11.7 Å². The molecule has 0 spiro atoms. The summed E-state index contributed by atoms with van der Waals surface area (Å²) >= 11 is 0. The molecule has 1 aromatic carbocycles. The van der Waals surface area contributed by atoms with E-state index in [1.165, 1.54) is 11.1 Å². The molecule has 0 bridgehead atoms. The number of benzene rings is 1. The summed E-state index contributed by atoms with van der Waals surface area (Å²) in [4.78, 5) is 16.4. The fraction of sp³-hybridized carbons (Fsp3) is 0.250. The van der Waals surface area contributed by atoms with E-state index in [0.29, 0.717) is 11.7 Å². The fourth-order valence-corrected chi connectivity index (χ4v) is 3.12. The largest absolute Gasteiger partial charge is 0.309 e. The predicted molar refractivity (Wildman–Crippen MR) is 96.1 cm³/mol. The first kappa shape index (κ1) is 15.6. The van der Waals surface area contributed by atoms with Gasteiger partial charge >= 0.3 is 0 Å². The average molecular weight is 332 g/mol. The third-order valence-corrected chi connectivity index (χ3v) is 4.63. The maximum Gasteiger partial charge on any atom is 0.229 e. The number of aryl methyl sites for hydroxylation is 2. The van der Waals surface area contributed by atoms with E-state index < -0.39 is 0 Å². The van der Waals surface area contributed by atoms with Crippen molar-refractivity contribution < 1.29 is 4.79 Å². The minimum absolute atomic E-state index is 0.0596. The number of carbonyl (C=O) groups is 1. The van der Waals surface area contributed by atoms with Crippen LogP contribution in [0.3, 0.4) is 0 Å². The van der Waals surface area contributed by atoms with Crippen LogP contribution in [0.4, 0.5) is 5.82 Å². The van der Waals surface area contributed by atoms with Crippen molar-refractivity contribution in [2.45, 2.75) is 25.3 Å². The topological polar surface area (TPSA) is 59.8 Å². The van der Waals surface area contributed by atoms with Gasteiger partial charge in [0.15, 0.2) is 5.82 Å². The molecule has 3 aromatic rings. The van der Waals surface area contributed by atoms with Gasteiger partial charge in [0.1, 0.15) is 0 Å². The summed E-state index contributed by atoms with van der Waals surface area (Å²) in [5, 5.41) is 7.38. The summed E-state index contributed by atoms with van der Waals surface area (Å²) in [5.41, 5.74) is 2.46. The normalized spacial score (nSPS) is 18.7. The molecule has 25 heavy (non-hydrogen) atoms. The van der Waals surface area contributed by atoms with Crippen LogP contribution in [-0.4, -0.2) is 20.7 Å². The monoisotopic (exact) mass is 332 g/mol. The van der Waals surface area contributed by atoms with Crippen LogP contribution < -0.4 is 5.32 Å². The molecule has 1 N–H and O–H groups in total. The highest BCUT2D eigenvalue weighted by Gasteiger charge is 2.43. The van der Waals surface area contributed by atoms with Crippen LogP contribution in [0.15, 0.2) is 67.1 Å². The molecule has 2 atom stereocenters. The molecule has 0 unspecified atom stereocenters. The number of carbonyl (C=O) groups excluding carboxylic acids is 1. The molecule has 0 aliphatic heterocycles. The van der Waals surface area contributed by atoms with E-state index >= 15 is 0 Å². The quantitative estimate of drug-likeness (QED) is 0.754. The minimum Gasteiger partial charge on any atom is -0.309 e. The first-order valence-corrected chi connectivity index (χ1v) is 8.58. The summed E-state index contributed by atoms with van der Waals surface area (Å²) in [6.07, 6.45) is 7.29. The summed E-state index contributed by atoms with van der Waals surface area (Å²) < 4.78 is 1.86. The van der Waals surface area contributed by atoms with E-state index in [4.69, 9.17) is 0 Å². The van der Waals surface area contributed by atoms with Crippen molar-refractivity contribution in [3.63, 3.8) is 0 Å². The maximum absolute atomic E-state index is 12.4. The van der Waals surface area contributed by atoms with Gasteiger partial charge in [0.2, 0.25) is 5.91 Å². The molecule has 4 rings (SSSR count). The van der Waals surface area contributed by atoms with Crippen LogP contribution in [0.2, 0.25) is 0 Å². The number of hydrogen-bond donors (Lipinski definition) is 1. The second kappa shape index (κ2) is 6.89. The van der Waals surface area contributed by atoms with E-state index in [0.717, 1.165) is 19.4 Å². The number of amides is 1. The summed E-state index contributed by atoms with van der Waals surface area (Å²) in [7, 11) is 0. The summed E-state index contributed by atoms with van der Waals surface area (Å²) in [5.74, 6) is 1.09. The van der Waals surface area contributed by atoms with E-state index in [1.54, 1.807) is 12.4 Å². The molecule has 5 nitrogen and oxygen atoms in total. The average Bonchev–Trinajstić information content (AvgIpc) is 3.35. The van der Waals surface area contributed by atoms with Gasteiger partial charge in [0, 0.05) is 37.1 Å². The van der Waals surface area contributed by atoms with Crippen molar-refractivity contribution in [3.8, 4) is 0 Å². The molecule has 1 aliphatic rings. The van der Waals surface area contributed by atoms with Crippen LogP contribution in [0.1, 0.15) is 23.5 Å². The molecule has 2 aromatic heterocycles. The number of aromatic nitrogens is 3. The van der Waals surface area contributed by atoms with Crippen molar-refractivity contribution in [3.05, 3.63) is 78.2 Å². The number of hydrogen-bond acceptors (Lipinski definition) is 3. The lowest BCUT2D eigenvalue weighted by Crippen LogP contribution is -2.15. The third kappa shape index (κ3) is 3.76. The first-order chi connectivity index (χ1) is 12.3. The number of nitrogens with zero attached hydrogens (tertiary/aromatic N) is 3. The Bertz CT molecular complexity index is 844. The molecule has 2 heterocycles. The smallest absolute Gasteiger partial charge is 0.229 e. The summed E-state index contributed by atoms with van der Waals surface area (Å²) in [6, 6.07) is 16.1. The van der Waals surface area contributed by atoms with E-state index in [9.17, 15) is 4.79 Å². The highest BCUT2D eigenvalue weighted by Crippen LogP contribution is 2.47. The molecule has 0 saturated heterocycles. The number of pyridine rings is 1. The van der Waals surface area contributed by atoms with Crippen LogP contribution in [0.25, 0.3) is 0 Å². The predicted octanol–water partition coefficient (Wildman–Crippen LogP) is 3.26. The second-order valence-corrected chi connectivity index (χ2v) is 6.42. The zero-order valence-electron chi connectivity index (χ0n) is 13.9. The lowest BCUT2D eigenvalue weighted by Gasteiger charge is -2.03. The number of anilines is 1. The van der Waals surface area contributed by atoms with Gasteiger partial charge in [-0.05, 0) is 42.0 Å². The Morgan fingerprint density at radius 2 is 1.92 bits per heavy atom. The molecular weight excluding hydrogens is 312 g/mol. The molecule has 1 fully saturated rings. The molecule has 0 radical (unpaired) electrons. The Morgan fingerprint density at radius 3 is 2.72 bits per heavy atom. The molecule has 5 heteroatoms. The van der Waals surface area contributed by atoms with Crippen LogP contribution in [0, 0.1) is 5.92 Å². The SMILES string of the molecule is O=C(Nc1ccn(CCc2ccncc2)n1)[C@@H]1C[C@H]1c1ccccc1. The van der Waals surface area contributed by atoms with Gasteiger partial charge in [-0.3, -0.25) is 14.5 Å². The molecular formula is C20H20N4O. The fourth-order valence-electron chi connectivity index (χ4n) is 3.12. The summed E-state index contributed by atoms with van der Waals surface area (Å²) in [6.45, 7) is 0.774. The van der Waals surface area contributed by atoms with Crippen molar-refractivity contribution in [2.24, 2.45) is 5.92 Å². The lowest BCUT2D eigenvalue weighted by atomic mass is 10.1. The van der Waals surface area contributed by atoms with Gasteiger partial charge in [-0.1, -0.05) is 30.3 Å². The molecule has 1 saturated carbocycles. The Hall–Kier alpha value is -2.95. The van der Waals surface area contributed by atoms with E-state index in [2.05, 4.69) is 27.5 Å². The zero-order valence-corrected chi connectivity index (χ0v) is 13.9. The first-order valence-electron chi connectivity index (χ1n) is 8.58. The van der Waals surface area contributed by atoms with Gasteiger partial charge in [-0.25, -0.2) is 0 Å². The van der Waals surface area contributed by atoms with Gasteiger partial charge in [0.25, 0.3) is 0 Å². The third-order valence-electron chi connectivity index (χ3n) is 4.63. The minimum atomic E-state index is 0.0596. The molecule has 1 amide bonds. The van der Waals surface area contributed by atoms with Gasteiger partial charge < -0.3 is 5.32 Å². The highest BCUT2D eigenvalue weighted by atomic mass is 16.2. The van der Waals surface area contributed by atoms with Crippen LogP contribution in [-0.2, 0) is 17.8 Å². The Kier molecular flexibility index (Phi) is 4.29. The van der Waals surface area contributed by atoms with Gasteiger partial charge in [0.05, 0.1) is 0 Å². The Morgan fingerprint density at radius 1 is 1.12 bits per heavy atom. The van der Waals surface area contributed by atoms with Crippen molar-refractivity contribution in [2.75, 3.05) is 5.32 Å². The molecule has 1 aliphatic carbocycles. The maximum atomic E-state index is 12.4. The van der Waals surface area contributed by atoms with E-state index in [1.807, 2.05) is 47.3 Å². The number of nitrogens with one attached hydrogen (secondary N) is 1. The Labute approximate surface area is 146 Å². The van der Waals surface area contributed by atoms with E-state index in [-0.39, 0.29) is 11.8 Å². The van der Waals surface area contributed by atoms with Crippen LogP contribution >= 0.6 is 0 Å². The molecule has 126 valence electrons. The number of rotatable bonds is 6. The van der Waals surface area contributed by atoms with Gasteiger partial charge in [-0.2, -0.15) is 5.10 Å². The van der Waals surface area contributed by atoms with Gasteiger partial charge in [-0.15, -0.1) is 0 Å². The Balaban J connectivity index is 1.30. The lowest BCUT2D eigenvalue weighted by molar-refractivity contribution is -0.117. The second-order valence-electron chi connectivity index (χ2n) is 6.42. The standard InChI is InChI=1S/C20H20N4O/c25-20(18-14-17(18)16-4-2-1-3-5-16)22-19-9-13-24(23-19)12-8-15-6-10-21-11-7-15/h1-7,9-11,13,17-18H,8,12,14H2,(H,22,23,25)/t17-,18+/m0/s1. The van der Waals surface area contributed by atoms with Crippen molar-refractivity contribution in [1.82, 2.24) is 14.8 Å². The highest BCUT2D eigenvalue weighted by molar-refractivity contribution is 5.94. The zero-order chi connectivity index (χ0) is 17.1. The van der Waals surface area contributed by atoms with Crippen molar-refractivity contribution in [1.29, 1.82) is 0 Å². The van der Waals surface area contributed by atoms with Crippen LogP contribution in [0.5, 0.6) is 0 Å².